The second-order valence-electron chi connectivity index (χ2n) is 5.98. The molecule has 28 heavy (non-hydrogen) atoms. The van der Waals surface area contributed by atoms with Gasteiger partial charge in [0, 0.05) is 16.1 Å². The van der Waals surface area contributed by atoms with Crippen LogP contribution in [0.1, 0.15) is 18.2 Å². The van der Waals surface area contributed by atoms with E-state index in [4.69, 9.17) is 11.6 Å². The molecule has 10 heteroatoms. The van der Waals surface area contributed by atoms with E-state index < -0.39 is 15.8 Å². The average Bonchev–Trinajstić information content (AvgIpc) is 3.03. The van der Waals surface area contributed by atoms with E-state index in [-0.39, 0.29) is 22.2 Å². The summed E-state index contributed by atoms with van der Waals surface area (Å²) in [4.78, 5) is 9.50. The van der Waals surface area contributed by atoms with Gasteiger partial charge < -0.3 is 5.32 Å². The summed E-state index contributed by atoms with van der Waals surface area (Å²) < 4.78 is 41.1. The highest BCUT2D eigenvalue weighted by atomic mass is 35.5. The summed E-state index contributed by atoms with van der Waals surface area (Å²) in [5, 5.41) is 3.91. The molecule has 1 aromatic carbocycles. The molecule has 2 heterocycles. The molecule has 0 amide bonds. The van der Waals surface area contributed by atoms with Gasteiger partial charge in [-0.05, 0) is 43.7 Å². The minimum absolute atomic E-state index is 0.101. The molecule has 1 N–H and O–H groups in total. The number of hydrogen-bond donors (Lipinski definition) is 1. The van der Waals surface area contributed by atoms with Crippen LogP contribution in [0.25, 0.3) is 0 Å². The lowest BCUT2D eigenvalue weighted by molar-refractivity contribution is 0.590. The Labute approximate surface area is 172 Å². The van der Waals surface area contributed by atoms with E-state index in [1.807, 2.05) is 6.92 Å². The molecule has 148 valence electrons. The van der Waals surface area contributed by atoms with Gasteiger partial charge in [0.2, 0.25) is 10.0 Å². The molecular formula is C18H18ClFN4O2S2. The summed E-state index contributed by atoms with van der Waals surface area (Å²) in [6, 6.07) is 7.06. The predicted octanol–water partition coefficient (Wildman–Crippen LogP) is 5.26. The number of aromatic nitrogens is 2. The molecule has 0 saturated carbocycles. The summed E-state index contributed by atoms with van der Waals surface area (Å²) in [6.45, 7) is 3.69. The van der Waals surface area contributed by atoms with Crippen molar-refractivity contribution in [1.82, 2.24) is 9.97 Å². The number of benzene rings is 1. The standard InChI is InChI=1S/C18H18ClFN4O2S2/c1-3-8-28(25,26)24(16-6-4-13(19)9-15(16)20)14-5-7-17(21-11-14)23-18-22-10-12(2)27-18/h4-7,9-11H,3,8H2,1-2H3,(H,21,22,23). The minimum Gasteiger partial charge on any atom is -0.316 e. The van der Waals surface area contributed by atoms with E-state index >= 15 is 0 Å². The fraction of sp³-hybridized carbons (Fsp3) is 0.222. The van der Waals surface area contributed by atoms with Gasteiger partial charge in [-0.3, -0.25) is 0 Å². The summed E-state index contributed by atoms with van der Waals surface area (Å²) >= 11 is 7.28. The van der Waals surface area contributed by atoms with Gasteiger partial charge in [-0.25, -0.2) is 27.1 Å². The molecule has 3 rings (SSSR count). The van der Waals surface area contributed by atoms with Crippen molar-refractivity contribution in [2.45, 2.75) is 20.3 Å². The third-order valence-corrected chi connectivity index (χ3v) is 6.66. The van der Waals surface area contributed by atoms with Gasteiger partial charge in [-0.15, -0.1) is 11.3 Å². The van der Waals surface area contributed by atoms with E-state index in [9.17, 15) is 12.8 Å². The van der Waals surface area contributed by atoms with Gasteiger partial charge in [0.05, 0.1) is 23.3 Å². The maximum atomic E-state index is 14.5. The van der Waals surface area contributed by atoms with Gasteiger partial charge in [0.25, 0.3) is 0 Å². The molecule has 6 nitrogen and oxygen atoms in total. The normalized spacial score (nSPS) is 11.4. The monoisotopic (exact) mass is 440 g/mol. The Morgan fingerprint density at radius 1 is 1.21 bits per heavy atom. The number of thiazole rings is 1. The molecule has 0 spiro atoms. The van der Waals surface area contributed by atoms with E-state index in [0.717, 1.165) is 15.2 Å². The van der Waals surface area contributed by atoms with Gasteiger partial charge in [-0.1, -0.05) is 18.5 Å². The smallest absolute Gasteiger partial charge is 0.239 e. The van der Waals surface area contributed by atoms with Crippen molar-refractivity contribution < 1.29 is 12.8 Å². The molecule has 0 radical (unpaired) electrons. The first-order chi connectivity index (χ1) is 13.3. The second kappa shape index (κ2) is 8.42. The fourth-order valence-corrected chi connectivity index (χ4v) is 4.95. The third-order valence-electron chi connectivity index (χ3n) is 3.71. The van der Waals surface area contributed by atoms with Crippen LogP contribution < -0.4 is 9.62 Å². The second-order valence-corrected chi connectivity index (χ2v) is 9.59. The van der Waals surface area contributed by atoms with Gasteiger partial charge >= 0.3 is 0 Å². The first-order valence-electron chi connectivity index (χ1n) is 8.43. The van der Waals surface area contributed by atoms with Gasteiger partial charge in [-0.2, -0.15) is 0 Å². The fourth-order valence-electron chi connectivity index (χ4n) is 2.55. The molecule has 0 aliphatic rings. The van der Waals surface area contributed by atoms with Crippen LogP contribution in [0.15, 0.2) is 42.7 Å². The lowest BCUT2D eigenvalue weighted by Crippen LogP contribution is -2.29. The minimum atomic E-state index is -3.80. The zero-order valence-corrected chi connectivity index (χ0v) is 17.6. The zero-order valence-electron chi connectivity index (χ0n) is 15.2. The Bertz CT molecular complexity index is 1070. The van der Waals surface area contributed by atoms with E-state index in [0.29, 0.717) is 17.4 Å². The topological polar surface area (TPSA) is 75.2 Å². The molecule has 2 aromatic heterocycles. The Balaban J connectivity index is 1.98. The van der Waals surface area contributed by atoms with Crippen LogP contribution in [0.2, 0.25) is 5.02 Å². The summed E-state index contributed by atoms with van der Waals surface area (Å²) in [5.74, 6) is -0.358. The number of halogens is 2. The summed E-state index contributed by atoms with van der Waals surface area (Å²) in [6.07, 6.45) is 3.51. The van der Waals surface area contributed by atoms with Crippen LogP contribution in [0.3, 0.4) is 0 Å². The molecule has 0 bridgehead atoms. The number of anilines is 4. The van der Waals surface area contributed by atoms with E-state index in [1.54, 1.807) is 25.3 Å². The van der Waals surface area contributed by atoms with Crippen LogP contribution in [-0.2, 0) is 10.0 Å². The number of hydrogen-bond acceptors (Lipinski definition) is 6. The maximum Gasteiger partial charge on any atom is 0.239 e. The summed E-state index contributed by atoms with van der Waals surface area (Å²) in [7, 11) is -3.80. The molecule has 0 aliphatic heterocycles. The quantitative estimate of drug-likeness (QED) is 0.542. The molecule has 3 aromatic rings. The number of nitrogens with one attached hydrogen (secondary N) is 1. The van der Waals surface area contributed by atoms with Gasteiger partial charge in [0.1, 0.15) is 11.6 Å². The number of pyridine rings is 1. The predicted molar refractivity (Wildman–Crippen MR) is 112 cm³/mol. The number of rotatable bonds is 7. The van der Waals surface area contributed by atoms with Crippen LogP contribution in [0.5, 0.6) is 0 Å². The highest BCUT2D eigenvalue weighted by Gasteiger charge is 2.26. The van der Waals surface area contributed by atoms with Crippen molar-refractivity contribution in [2.24, 2.45) is 0 Å². The van der Waals surface area contributed by atoms with E-state index in [1.165, 1.54) is 29.7 Å². The molecule has 0 fully saturated rings. The Hall–Kier alpha value is -2.23. The lowest BCUT2D eigenvalue weighted by atomic mass is 10.3. The maximum absolute atomic E-state index is 14.5. The molecule has 0 atom stereocenters. The van der Waals surface area contributed by atoms with Crippen molar-refractivity contribution in [3.05, 3.63) is 58.4 Å². The largest absolute Gasteiger partial charge is 0.316 e. The van der Waals surface area contributed by atoms with Crippen LogP contribution in [-0.4, -0.2) is 24.1 Å². The molecule has 0 aliphatic carbocycles. The SMILES string of the molecule is CCCS(=O)(=O)N(c1ccc(Nc2ncc(C)s2)nc1)c1ccc(Cl)cc1F. The molecule has 0 saturated heterocycles. The average molecular weight is 441 g/mol. The third kappa shape index (κ3) is 4.60. The van der Waals surface area contributed by atoms with Crippen molar-refractivity contribution >= 4 is 55.3 Å². The Morgan fingerprint density at radius 2 is 2.00 bits per heavy atom. The summed E-state index contributed by atoms with van der Waals surface area (Å²) in [5.41, 5.74) is 0.131. The molecular weight excluding hydrogens is 423 g/mol. The van der Waals surface area contributed by atoms with Crippen LogP contribution >= 0.6 is 22.9 Å². The Kier molecular flexibility index (Phi) is 6.17. The Morgan fingerprint density at radius 3 is 2.57 bits per heavy atom. The first kappa shape index (κ1) is 20.5. The number of aryl methyl sites for hydroxylation is 1. The first-order valence-corrected chi connectivity index (χ1v) is 11.2. The van der Waals surface area contributed by atoms with Crippen molar-refractivity contribution in [3.63, 3.8) is 0 Å². The van der Waals surface area contributed by atoms with Crippen molar-refractivity contribution in [1.29, 1.82) is 0 Å². The molecule has 0 unspecified atom stereocenters. The van der Waals surface area contributed by atoms with Crippen LogP contribution in [0, 0.1) is 12.7 Å². The number of nitrogens with zero attached hydrogens (tertiary/aromatic N) is 3. The van der Waals surface area contributed by atoms with Gasteiger partial charge in [0.15, 0.2) is 5.13 Å². The zero-order chi connectivity index (χ0) is 20.3. The van der Waals surface area contributed by atoms with Crippen molar-refractivity contribution in [3.8, 4) is 0 Å². The number of sulfonamides is 1. The van der Waals surface area contributed by atoms with Crippen LogP contribution in [0.4, 0.5) is 26.7 Å². The highest BCUT2D eigenvalue weighted by Crippen LogP contribution is 2.33. The van der Waals surface area contributed by atoms with Crippen molar-refractivity contribution in [2.75, 3.05) is 15.4 Å². The lowest BCUT2D eigenvalue weighted by Gasteiger charge is -2.24. The van der Waals surface area contributed by atoms with E-state index in [2.05, 4.69) is 15.3 Å². The highest BCUT2D eigenvalue weighted by molar-refractivity contribution is 7.93.